The summed E-state index contributed by atoms with van der Waals surface area (Å²) < 4.78 is 26.1. The number of hydrogen-bond acceptors (Lipinski definition) is 9. The highest BCUT2D eigenvalue weighted by Crippen LogP contribution is 2.29. The molecule has 4 aromatic rings. The van der Waals surface area contributed by atoms with Crippen LogP contribution in [0.2, 0.25) is 5.02 Å². The summed E-state index contributed by atoms with van der Waals surface area (Å²) in [5, 5.41) is 3.27. The molecule has 3 N–H and O–H groups in total. The van der Waals surface area contributed by atoms with Crippen molar-refractivity contribution >= 4 is 44.0 Å². The smallest absolute Gasteiger partial charge is 0.267 e. The monoisotopic (exact) mass is 485 g/mol. The number of nitrogens with one attached hydrogen (secondary N) is 1. The van der Waals surface area contributed by atoms with E-state index in [2.05, 4.69) is 25.3 Å². The minimum absolute atomic E-state index is 0.0000366. The highest BCUT2D eigenvalue weighted by atomic mass is 35.5. The zero-order valence-corrected chi connectivity index (χ0v) is 19.5. The zero-order valence-electron chi connectivity index (χ0n) is 17.9. The number of nitrogens with zero attached hydrogens (tertiary/aromatic N) is 5. The molecule has 0 radical (unpaired) electrons. The van der Waals surface area contributed by atoms with E-state index in [0.717, 1.165) is 6.26 Å². The molecular formula is C21H20ClN7O3S. The molecule has 10 nitrogen and oxygen atoms in total. The first-order chi connectivity index (χ1) is 15.6. The molecule has 3 heterocycles. The highest BCUT2D eigenvalue weighted by molar-refractivity contribution is 7.91. The average molecular weight is 486 g/mol. The molecule has 0 saturated carbocycles. The Kier molecular flexibility index (Phi) is 5.76. The Morgan fingerprint density at radius 2 is 1.91 bits per heavy atom. The van der Waals surface area contributed by atoms with Gasteiger partial charge in [-0.1, -0.05) is 17.7 Å². The van der Waals surface area contributed by atoms with E-state index in [0.29, 0.717) is 17.3 Å². The molecule has 12 heteroatoms. The Labute approximate surface area is 194 Å². The SMILES string of the molecule is Cc1nc(N)c(Cl)c(N[C@@H](C)c2nc3cccc(S(C)(=O)=O)c3c(=O)n2-c2cccnc2)n1. The van der Waals surface area contributed by atoms with Crippen LogP contribution in [0.4, 0.5) is 11.6 Å². The number of nitrogens with two attached hydrogens (primary N) is 1. The maximum absolute atomic E-state index is 13.7. The van der Waals surface area contributed by atoms with Gasteiger partial charge in [-0.15, -0.1) is 0 Å². The van der Waals surface area contributed by atoms with Crippen molar-refractivity contribution in [2.75, 3.05) is 17.3 Å². The number of aryl methyl sites for hydroxylation is 1. The van der Waals surface area contributed by atoms with E-state index in [9.17, 15) is 13.2 Å². The van der Waals surface area contributed by atoms with Gasteiger partial charge in [0.2, 0.25) is 0 Å². The topological polar surface area (TPSA) is 146 Å². The molecule has 0 spiro atoms. The van der Waals surface area contributed by atoms with Crippen LogP contribution in [0, 0.1) is 6.92 Å². The molecule has 0 bridgehead atoms. The van der Waals surface area contributed by atoms with Gasteiger partial charge in [0.1, 0.15) is 22.5 Å². The van der Waals surface area contributed by atoms with Crippen LogP contribution in [0.15, 0.2) is 52.4 Å². The van der Waals surface area contributed by atoms with E-state index in [4.69, 9.17) is 17.3 Å². The third-order valence-corrected chi connectivity index (χ3v) is 6.43. The van der Waals surface area contributed by atoms with Gasteiger partial charge in [0.05, 0.1) is 33.7 Å². The normalized spacial score (nSPS) is 12.6. The molecule has 0 unspecified atom stereocenters. The van der Waals surface area contributed by atoms with E-state index in [-0.39, 0.29) is 32.5 Å². The highest BCUT2D eigenvalue weighted by Gasteiger charge is 2.23. The number of hydrogen-bond donors (Lipinski definition) is 2. The van der Waals surface area contributed by atoms with Gasteiger partial charge in [0.15, 0.2) is 15.7 Å². The molecule has 0 aliphatic carbocycles. The number of sulfone groups is 1. The first-order valence-corrected chi connectivity index (χ1v) is 12.1. The van der Waals surface area contributed by atoms with Crippen molar-refractivity contribution in [1.29, 1.82) is 0 Å². The van der Waals surface area contributed by atoms with Gasteiger partial charge in [-0.3, -0.25) is 14.3 Å². The van der Waals surface area contributed by atoms with Gasteiger partial charge < -0.3 is 11.1 Å². The standard InChI is InChI=1S/C21H20ClN7O3S/c1-11(25-19-17(22)18(23)26-12(2)27-19)20-28-14-7-4-8-15(33(3,31)32)16(14)21(30)29(20)13-6-5-9-24-10-13/h4-11H,1-3H3,(H3,23,25,26,27)/t11-/m0/s1. The molecule has 33 heavy (non-hydrogen) atoms. The van der Waals surface area contributed by atoms with Crippen molar-refractivity contribution in [3.05, 3.63) is 69.8 Å². The Balaban J connectivity index is 1.99. The third-order valence-electron chi connectivity index (χ3n) is 4.92. The second-order valence-corrected chi connectivity index (χ2v) is 9.79. The summed E-state index contributed by atoms with van der Waals surface area (Å²) in [6, 6.07) is 7.29. The van der Waals surface area contributed by atoms with Crippen LogP contribution >= 0.6 is 11.6 Å². The van der Waals surface area contributed by atoms with Gasteiger partial charge in [0.25, 0.3) is 5.56 Å². The van der Waals surface area contributed by atoms with Crippen molar-refractivity contribution in [3.63, 3.8) is 0 Å². The Morgan fingerprint density at radius 1 is 1.15 bits per heavy atom. The van der Waals surface area contributed by atoms with E-state index in [1.165, 1.54) is 16.8 Å². The number of pyridine rings is 1. The lowest BCUT2D eigenvalue weighted by molar-refractivity contribution is 0.602. The quantitative estimate of drug-likeness (QED) is 0.435. The van der Waals surface area contributed by atoms with Crippen LogP contribution < -0.4 is 16.6 Å². The van der Waals surface area contributed by atoms with E-state index in [1.807, 2.05) is 0 Å². The molecule has 0 aliphatic rings. The van der Waals surface area contributed by atoms with Crippen LogP contribution in [0.5, 0.6) is 0 Å². The molecule has 0 fully saturated rings. The molecule has 3 aromatic heterocycles. The minimum Gasteiger partial charge on any atom is -0.382 e. The van der Waals surface area contributed by atoms with Gasteiger partial charge >= 0.3 is 0 Å². The van der Waals surface area contributed by atoms with Crippen LogP contribution in [0.3, 0.4) is 0 Å². The second kappa shape index (κ2) is 8.41. The fourth-order valence-corrected chi connectivity index (χ4v) is 4.53. The summed E-state index contributed by atoms with van der Waals surface area (Å²) in [7, 11) is -3.68. The summed E-state index contributed by atoms with van der Waals surface area (Å²) in [5.41, 5.74) is 5.98. The van der Waals surface area contributed by atoms with Crippen molar-refractivity contribution in [3.8, 4) is 5.69 Å². The van der Waals surface area contributed by atoms with Crippen molar-refractivity contribution in [2.24, 2.45) is 0 Å². The number of fused-ring (bicyclic) bond motifs is 1. The van der Waals surface area contributed by atoms with E-state index < -0.39 is 21.4 Å². The number of anilines is 2. The molecule has 0 aliphatic heterocycles. The third kappa shape index (κ3) is 4.24. The molecule has 0 amide bonds. The zero-order chi connectivity index (χ0) is 23.9. The average Bonchev–Trinajstić information content (AvgIpc) is 2.76. The van der Waals surface area contributed by atoms with Crippen molar-refractivity contribution < 1.29 is 8.42 Å². The Bertz CT molecular complexity index is 1540. The number of benzene rings is 1. The van der Waals surface area contributed by atoms with Gasteiger partial charge in [-0.25, -0.2) is 23.4 Å². The van der Waals surface area contributed by atoms with E-state index in [1.54, 1.807) is 44.3 Å². The summed E-state index contributed by atoms with van der Waals surface area (Å²) in [6.07, 6.45) is 4.12. The maximum Gasteiger partial charge on any atom is 0.267 e. The number of nitrogen functional groups attached to an aromatic ring is 1. The molecule has 170 valence electrons. The van der Waals surface area contributed by atoms with Crippen LogP contribution in [0.25, 0.3) is 16.6 Å². The Morgan fingerprint density at radius 3 is 2.58 bits per heavy atom. The van der Waals surface area contributed by atoms with Gasteiger partial charge in [0, 0.05) is 12.5 Å². The second-order valence-electron chi connectivity index (χ2n) is 7.43. The predicted octanol–water partition coefficient (Wildman–Crippen LogP) is 2.69. The first-order valence-electron chi connectivity index (χ1n) is 9.80. The molecule has 4 rings (SSSR count). The maximum atomic E-state index is 13.7. The summed E-state index contributed by atoms with van der Waals surface area (Å²) >= 11 is 6.27. The van der Waals surface area contributed by atoms with Crippen molar-refractivity contribution in [1.82, 2.24) is 24.5 Å². The molecule has 0 saturated heterocycles. The van der Waals surface area contributed by atoms with Crippen LogP contribution in [-0.4, -0.2) is 39.2 Å². The summed E-state index contributed by atoms with van der Waals surface area (Å²) in [6.45, 7) is 3.44. The minimum atomic E-state index is -3.68. The largest absolute Gasteiger partial charge is 0.382 e. The number of aromatic nitrogens is 5. The number of halogens is 1. The Hall–Kier alpha value is -3.57. The van der Waals surface area contributed by atoms with E-state index >= 15 is 0 Å². The molecular weight excluding hydrogens is 466 g/mol. The van der Waals surface area contributed by atoms with Crippen LogP contribution in [0.1, 0.15) is 24.6 Å². The fraction of sp³-hybridized carbons (Fsp3) is 0.190. The van der Waals surface area contributed by atoms with Gasteiger partial charge in [-0.05, 0) is 38.1 Å². The lowest BCUT2D eigenvalue weighted by atomic mass is 10.2. The fourth-order valence-electron chi connectivity index (χ4n) is 3.50. The van der Waals surface area contributed by atoms with Crippen molar-refractivity contribution in [2.45, 2.75) is 24.8 Å². The first kappa shape index (κ1) is 22.6. The molecule has 1 atom stereocenters. The summed E-state index contributed by atoms with van der Waals surface area (Å²) in [5.74, 6) is 1.12. The lowest BCUT2D eigenvalue weighted by Crippen LogP contribution is -2.28. The van der Waals surface area contributed by atoms with Crippen LogP contribution in [-0.2, 0) is 9.84 Å². The van der Waals surface area contributed by atoms with Gasteiger partial charge in [-0.2, -0.15) is 0 Å². The lowest BCUT2D eigenvalue weighted by Gasteiger charge is -2.21. The summed E-state index contributed by atoms with van der Waals surface area (Å²) in [4.78, 5) is 30.6. The number of rotatable bonds is 5. The molecule has 1 aromatic carbocycles. The predicted molar refractivity (Wildman–Crippen MR) is 126 cm³/mol.